The Kier molecular flexibility index (Phi) is 4.44. The number of hydrogen-bond acceptors (Lipinski definition) is 5. The zero-order valence-electron chi connectivity index (χ0n) is 11.4. The van der Waals surface area contributed by atoms with Crippen LogP contribution in [0.3, 0.4) is 0 Å². The quantitative estimate of drug-likeness (QED) is 0.759. The van der Waals surface area contributed by atoms with Gasteiger partial charge < -0.3 is 4.74 Å². The van der Waals surface area contributed by atoms with Gasteiger partial charge in [-0.25, -0.2) is 18.4 Å². The first kappa shape index (κ1) is 15.0. The molecule has 1 fully saturated rings. The summed E-state index contributed by atoms with van der Waals surface area (Å²) in [5, 5.41) is 11.4. The molecule has 0 aliphatic heterocycles. The van der Waals surface area contributed by atoms with Crippen LogP contribution in [0.25, 0.3) is 0 Å². The van der Waals surface area contributed by atoms with E-state index in [4.69, 9.17) is 9.88 Å². The number of aromatic amines is 1. The van der Waals surface area contributed by atoms with Gasteiger partial charge in [-0.3, -0.25) is 5.10 Å². The number of sulfonamides is 1. The number of esters is 1. The van der Waals surface area contributed by atoms with E-state index in [-0.39, 0.29) is 17.2 Å². The van der Waals surface area contributed by atoms with Crippen LogP contribution in [0.4, 0.5) is 0 Å². The normalized spacial score (nSPS) is 15.9. The minimum absolute atomic E-state index is 0.252. The molecule has 112 valence electrons. The molecule has 3 N–H and O–H groups in total. The third-order valence-electron chi connectivity index (χ3n) is 3.61. The van der Waals surface area contributed by atoms with Crippen LogP contribution >= 0.6 is 0 Å². The molecule has 0 spiro atoms. The van der Waals surface area contributed by atoms with Crippen molar-refractivity contribution in [2.24, 2.45) is 11.1 Å². The number of ether oxygens (including phenoxy) is 1. The van der Waals surface area contributed by atoms with E-state index in [0.717, 1.165) is 6.42 Å². The predicted molar refractivity (Wildman–Crippen MR) is 71.6 cm³/mol. The van der Waals surface area contributed by atoms with Crippen LogP contribution in [-0.2, 0) is 21.2 Å². The summed E-state index contributed by atoms with van der Waals surface area (Å²) in [6.45, 7) is 2.02. The van der Waals surface area contributed by atoms with Gasteiger partial charge in [0.2, 0.25) is 10.0 Å². The van der Waals surface area contributed by atoms with Crippen molar-refractivity contribution in [2.75, 3.05) is 6.61 Å². The molecule has 0 saturated heterocycles. The van der Waals surface area contributed by atoms with Gasteiger partial charge in [-0.15, -0.1) is 0 Å². The molecular weight excluding hydrogens is 282 g/mol. The molecule has 1 heterocycles. The molecule has 0 radical (unpaired) electrons. The second kappa shape index (κ2) is 5.92. The van der Waals surface area contributed by atoms with E-state index in [1.54, 1.807) is 6.92 Å². The van der Waals surface area contributed by atoms with Crippen LogP contribution in [-0.4, -0.2) is 31.2 Å². The zero-order valence-corrected chi connectivity index (χ0v) is 12.2. The fourth-order valence-corrected chi connectivity index (χ4v) is 3.15. The smallest absolute Gasteiger partial charge is 0.360 e. The van der Waals surface area contributed by atoms with Crippen molar-refractivity contribution in [3.05, 3.63) is 11.4 Å². The Bertz CT molecular complexity index is 590. The van der Waals surface area contributed by atoms with Crippen LogP contribution in [0.1, 0.15) is 48.8 Å². The monoisotopic (exact) mass is 301 g/mol. The molecule has 7 nitrogen and oxygen atoms in total. The topological polar surface area (TPSA) is 115 Å². The summed E-state index contributed by atoms with van der Waals surface area (Å²) in [4.78, 5) is 11.6. The molecule has 20 heavy (non-hydrogen) atoms. The summed E-state index contributed by atoms with van der Waals surface area (Å²) in [5.74, 6) is -0.129. The lowest BCUT2D eigenvalue weighted by atomic mass is 9.83. The lowest BCUT2D eigenvalue weighted by Crippen LogP contribution is -2.20. The van der Waals surface area contributed by atoms with Crippen molar-refractivity contribution in [3.8, 4) is 0 Å². The maximum Gasteiger partial charge on any atom is 0.360 e. The third-order valence-corrected chi connectivity index (χ3v) is 4.62. The van der Waals surface area contributed by atoms with Gasteiger partial charge in [0.1, 0.15) is 4.90 Å². The number of aryl methyl sites for hydroxylation is 1. The predicted octanol–water partition coefficient (Wildman–Crippen LogP) is 0.966. The van der Waals surface area contributed by atoms with Crippen molar-refractivity contribution in [1.82, 2.24) is 10.2 Å². The van der Waals surface area contributed by atoms with E-state index in [2.05, 4.69) is 10.2 Å². The molecule has 8 heteroatoms. The highest BCUT2D eigenvalue weighted by Gasteiger charge is 2.28. The lowest BCUT2D eigenvalue weighted by molar-refractivity contribution is 0.0453. The number of primary sulfonamides is 1. The van der Waals surface area contributed by atoms with Crippen molar-refractivity contribution >= 4 is 16.0 Å². The summed E-state index contributed by atoms with van der Waals surface area (Å²) in [6, 6.07) is 0. The van der Waals surface area contributed by atoms with Crippen LogP contribution in [0.5, 0.6) is 0 Å². The number of carbonyl (C=O) groups excluding carboxylic acids is 1. The van der Waals surface area contributed by atoms with Crippen molar-refractivity contribution in [2.45, 2.75) is 43.9 Å². The van der Waals surface area contributed by atoms with Crippen LogP contribution in [0, 0.1) is 5.92 Å². The highest BCUT2D eigenvalue weighted by atomic mass is 32.2. The number of rotatable bonds is 6. The molecule has 0 amide bonds. The average Bonchev–Trinajstić information content (AvgIpc) is 2.75. The molecule has 1 saturated carbocycles. The first-order valence-corrected chi connectivity index (χ1v) is 8.25. The Hall–Kier alpha value is -1.41. The van der Waals surface area contributed by atoms with E-state index in [9.17, 15) is 13.2 Å². The minimum atomic E-state index is -4.01. The Balaban J connectivity index is 2.07. The molecule has 1 aromatic heterocycles. The van der Waals surface area contributed by atoms with Crippen LogP contribution in [0.2, 0.25) is 0 Å². The SMILES string of the molecule is CCc1[nH]nc(C(=O)OCCC2CCC2)c1S(N)(=O)=O. The standard InChI is InChI=1S/C12H19N3O4S/c1-2-9-11(20(13,17)18)10(15-14-9)12(16)19-7-6-8-4-3-5-8/h8H,2-7H2,1H3,(H,14,15)(H2,13,17,18). The number of aromatic nitrogens is 2. The summed E-state index contributed by atoms with van der Waals surface area (Å²) in [5.41, 5.74) is 0.0661. The molecule has 0 aromatic carbocycles. The summed E-state index contributed by atoms with van der Waals surface area (Å²) >= 11 is 0. The first-order valence-electron chi connectivity index (χ1n) is 6.70. The van der Waals surface area contributed by atoms with E-state index in [1.165, 1.54) is 19.3 Å². The fourth-order valence-electron chi connectivity index (χ4n) is 2.22. The highest BCUT2D eigenvalue weighted by molar-refractivity contribution is 7.89. The number of nitrogens with two attached hydrogens (primary N) is 1. The van der Waals surface area contributed by atoms with Gasteiger partial charge in [-0.1, -0.05) is 26.2 Å². The van der Waals surface area contributed by atoms with Gasteiger partial charge in [-0.05, 0) is 18.8 Å². The fraction of sp³-hybridized carbons (Fsp3) is 0.667. The zero-order chi connectivity index (χ0) is 14.8. The Labute approximate surface area is 117 Å². The van der Waals surface area contributed by atoms with E-state index < -0.39 is 16.0 Å². The Morgan fingerprint density at radius 1 is 1.50 bits per heavy atom. The van der Waals surface area contributed by atoms with E-state index in [0.29, 0.717) is 18.0 Å². The first-order chi connectivity index (χ1) is 9.43. The average molecular weight is 301 g/mol. The number of carbonyl (C=O) groups is 1. The van der Waals surface area contributed by atoms with Gasteiger partial charge in [0.25, 0.3) is 0 Å². The van der Waals surface area contributed by atoms with Gasteiger partial charge in [0.15, 0.2) is 5.69 Å². The number of hydrogen-bond donors (Lipinski definition) is 2. The molecule has 2 rings (SSSR count). The van der Waals surface area contributed by atoms with Gasteiger partial charge in [-0.2, -0.15) is 5.10 Å². The Morgan fingerprint density at radius 2 is 2.20 bits per heavy atom. The second-order valence-electron chi connectivity index (χ2n) is 5.00. The minimum Gasteiger partial charge on any atom is -0.461 e. The van der Waals surface area contributed by atoms with E-state index in [1.807, 2.05) is 0 Å². The van der Waals surface area contributed by atoms with Crippen LogP contribution in [0.15, 0.2) is 4.90 Å². The maximum absolute atomic E-state index is 11.9. The van der Waals surface area contributed by atoms with Crippen molar-refractivity contribution in [1.29, 1.82) is 0 Å². The highest BCUT2D eigenvalue weighted by Crippen LogP contribution is 2.29. The molecule has 0 unspecified atom stereocenters. The molecular formula is C12H19N3O4S. The number of nitrogens with one attached hydrogen (secondary N) is 1. The summed E-state index contributed by atoms with van der Waals surface area (Å²) in [6.07, 6.45) is 4.76. The summed E-state index contributed by atoms with van der Waals surface area (Å²) < 4.78 is 28.2. The molecule has 1 aliphatic carbocycles. The molecule has 1 aliphatic rings. The second-order valence-corrected chi connectivity index (χ2v) is 6.50. The number of nitrogens with zero attached hydrogens (tertiary/aromatic N) is 1. The van der Waals surface area contributed by atoms with Crippen molar-refractivity contribution in [3.63, 3.8) is 0 Å². The van der Waals surface area contributed by atoms with Gasteiger partial charge >= 0.3 is 5.97 Å². The molecule has 0 atom stereocenters. The number of H-pyrrole nitrogens is 1. The molecule has 1 aromatic rings. The largest absolute Gasteiger partial charge is 0.461 e. The molecule has 0 bridgehead atoms. The lowest BCUT2D eigenvalue weighted by Gasteiger charge is -2.24. The third kappa shape index (κ3) is 3.18. The van der Waals surface area contributed by atoms with E-state index >= 15 is 0 Å². The summed E-state index contributed by atoms with van der Waals surface area (Å²) in [7, 11) is -4.01. The van der Waals surface area contributed by atoms with Crippen LogP contribution < -0.4 is 5.14 Å². The maximum atomic E-state index is 11.9. The van der Waals surface area contributed by atoms with Crippen molar-refractivity contribution < 1.29 is 17.9 Å². The van der Waals surface area contributed by atoms with Gasteiger partial charge in [0.05, 0.1) is 12.3 Å². The van der Waals surface area contributed by atoms with Gasteiger partial charge in [0, 0.05) is 0 Å². The Morgan fingerprint density at radius 3 is 2.70 bits per heavy atom.